The van der Waals surface area contributed by atoms with Crippen molar-refractivity contribution in [2.24, 2.45) is 0 Å². The van der Waals surface area contributed by atoms with E-state index in [2.05, 4.69) is 36.5 Å². The van der Waals surface area contributed by atoms with E-state index >= 15 is 0 Å². The minimum Gasteiger partial charge on any atom is -0.339 e. The average molecular weight is 319 g/mol. The van der Waals surface area contributed by atoms with Crippen LogP contribution in [0.3, 0.4) is 0 Å². The number of aromatic nitrogens is 2. The summed E-state index contributed by atoms with van der Waals surface area (Å²) in [6, 6.07) is 8.05. The molecule has 0 atom stereocenters. The van der Waals surface area contributed by atoms with Crippen LogP contribution in [0.15, 0.2) is 28.7 Å². The molecule has 1 aliphatic heterocycles. The van der Waals surface area contributed by atoms with E-state index in [0.717, 1.165) is 47.0 Å². The third-order valence-electron chi connectivity index (χ3n) is 3.17. The lowest BCUT2D eigenvalue weighted by Gasteiger charge is -2.20. The standard InChI is InChI=1S/C14H15BrN4/c1-9-17-12-6-7-16-8-10(12)14(18-9)19-13-5-3-2-4-11(13)15/h2-5,16H,6-8H2,1H3,(H,17,18,19). The quantitative estimate of drug-likeness (QED) is 0.894. The molecule has 0 saturated heterocycles. The van der Waals surface area contributed by atoms with Crippen molar-refractivity contribution in [2.45, 2.75) is 19.9 Å². The lowest BCUT2D eigenvalue weighted by Crippen LogP contribution is -2.26. The van der Waals surface area contributed by atoms with E-state index in [1.165, 1.54) is 5.56 Å². The van der Waals surface area contributed by atoms with Crippen molar-refractivity contribution in [3.8, 4) is 0 Å². The van der Waals surface area contributed by atoms with Gasteiger partial charge in [0, 0.05) is 29.5 Å². The molecule has 2 heterocycles. The first-order valence-electron chi connectivity index (χ1n) is 6.32. The molecule has 0 radical (unpaired) electrons. The highest BCUT2D eigenvalue weighted by Gasteiger charge is 2.16. The Labute approximate surface area is 120 Å². The monoisotopic (exact) mass is 318 g/mol. The first kappa shape index (κ1) is 12.6. The second kappa shape index (κ2) is 5.27. The lowest BCUT2D eigenvalue weighted by molar-refractivity contribution is 0.625. The van der Waals surface area contributed by atoms with Gasteiger partial charge in [-0.25, -0.2) is 9.97 Å². The number of rotatable bonds is 2. The van der Waals surface area contributed by atoms with Crippen molar-refractivity contribution in [3.63, 3.8) is 0 Å². The van der Waals surface area contributed by atoms with Crippen LogP contribution < -0.4 is 10.6 Å². The van der Waals surface area contributed by atoms with E-state index < -0.39 is 0 Å². The molecule has 3 rings (SSSR count). The second-order valence-corrected chi connectivity index (χ2v) is 5.43. The van der Waals surface area contributed by atoms with E-state index in [1.54, 1.807) is 0 Å². The van der Waals surface area contributed by atoms with Crippen molar-refractivity contribution in [1.82, 2.24) is 15.3 Å². The molecule has 0 saturated carbocycles. The Hall–Kier alpha value is -1.46. The summed E-state index contributed by atoms with van der Waals surface area (Å²) in [5, 5.41) is 6.77. The van der Waals surface area contributed by atoms with Gasteiger partial charge < -0.3 is 10.6 Å². The molecule has 1 aromatic carbocycles. The average Bonchev–Trinajstić information content (AvgIpc) is 2.41. The van der Waals surface area contributed by atoms with Gasteiger partial charge in [0.05, 0.1) is 11.4 Å². The number of aryl methyl sites for hydroxylation is 1. The van der Waals surface area contributed by atoms with Gasteiger partial charge in [-0.3, -0.25) is 0 Å². The van der Waals surface area contributed by atoms with Crippen LogP contribution in [0.1, 0.15) is 17.1 Å². The summed E-state index contributed by atoms with van der Waals surface area (Å²) in [5.74, 6) is 1.72. The molecule has 0 unspecified atom stereocenters. The van der Waals surface area contributed by atoms with Crippen LogP contribution >= 0.6 is 15.9 Å². The van der Waals surface area contributed by atoms with Gasteiger partial charge in [-0.05, 0) is 35.0 Å². The normalized spacial score (nSPS) is 14.0. The van der Waals surface area contributed by atoms with Crippen LogP contribution in [0.2, 0.25) is 0 Å². The number of halogens is 1. The van der Waals surface area contributed by atoms with Gasteiger partial charge in [0.1, 0.15) is 11.6 Å². The topological polar surface area (TPSA) is 49.8 Å². The molecular formula is C14H15BrN4. The van der Waals surface area contributed by atoms with E-state index in [9.17, 15) is 0 Å². The molecule has 5 heteroatoms. The molecule has 2 N–H and O–H groups in total. The largest absolute Gasteiger partial charge is 0.339 e. The van der Waals surface area contributed by atoms with Crippen molar-refractivity contribution < 1.29 is 0 Å². The SMILES string of the molecule is Cc1nc2c(c(Nc3ccccc3Br)n1)CNCC2. The number of nitrogens with one attached hydrogen (secondary N) is 2. The second-order valence-electron chi connectivity index (χ2n) is 4.58. The van der Waals surface area contributed by atoms with Crippen LogP contribution in [-0.4, -0.2) is 16.5 Å². The molecule has 19 heavy (non-hydrogen) atoms. The fourth-order valence-corrected chi connectivity index (χ4v) is 2.64. The van der Waals surface area contributed by atoms with Crippen LogP contribution in [0.4, 0.5) is 11.5 Å². The minimum absolute atomic E-state index is 0.815. The predicted molar refractivity (Wildman–Crippen MR) is 79.6 cm³/mol. The Morgan fingerprint density at radius 2 is 2.11 bits per heavy atom. The number of anilines is 2. The van der Waals surface area contributed by atoms with Crippen LogP contribution in [0.5, 0.6) is 0 Å². The Balaban J connectivity index is 2.01. The van der Waals surface area contributed by atoms with Crippen molar-refractivity contribution in [1.29, 1.82) is 0 Å². The first-order valence-corrected chi connectivity index (χ1v) is 7.12. The molecule has 0 aliphatic carbocycles. The van der Waals surface area contributed by atoms with Crippen LogP contribution in [0, 0.1) is 6.92 Å². The molecule has 4 nitrogen and oxygen atoms in total. The predicted octanol–water partition coefficient (Wildman–Crippen LogP) is 2.94. The van der Waals surface area contributed by atoms with Gasteiger partial charge in [-0.15, -0.1) is 0 Å². The molecule has 2 aromatic rings. The molecule has 0 spiro atoms. The third kappa shape index (κ3) is 2.62. The molecule has 0 fully saturated rings. The van der Waals surface area contributed by atoms with E-state index in [0.29, 0.717) is 0 Å². The summed E-state index contributed by atoms with van der Waals surface area (Å²) in [7, 11) is 0. The number of para-hydroxylation sites is 1. The Morgan fingerprint density at radius 3 is 2.95 bits per heavy atom. The van der Waals surface area contributed by atoms with Crippen molar-refractivity contribution in [3.05, 3.63) is 45.8 Å². The van der Waals surface area contributed by atoms with Crippen molar-refractivity contribution in [2.75, 3.05) is 11.9 Å². The van der Waals surface area contributed by atoms with E-state index in [1.807, 2.05) is 31.2 Å². The lowest BCUT2D eigenvalue weighted by atomic mass is 10.1. The maximum absolute atomic E-state index is 4.54. The molecule has 98 valence electrons. The number of fused-ring (bicyclic) bond motifs is 1. The summed E-state index contributed by atoms with van der Waals surface area (Å²) in [6.45, 7) is 3.74. The Kier molecular flexibility index (Phi) is 3.48. The van der Waals surface area contributed by atoms with Crippen molar-refractivity contribution >= 4 is 27.4 Å². The maximum Gasteiger partial charge on any atom is 0.138 e. The van der Waals surface area contributed by atoms with Gasteiger partial charge in [-0.1, -0.05) is 12.1 Å². The highest BCUT2D eigenvalue weighted by Crippen LogP contribution is 2.28. The zero-order valence-corrected chi connectivity index (χ0v) is 12.3. The molecule has 0 bridgehead atoms. The third-order valence-corrected chi connectivity index (χ3v) is 3.86. The zero-order valence-electron chi connectivity index (χ0n) is 10.7. The fraction of sp³-hybridized carbons (Fsp3) is 0.286. The summed E-state index contributed by atoms with van der Waals surface area (Å²) >= 11 is 3.55. The van der Waals surface area contributed by atoms with Gasteiger partial charge in [0.2, 0.25) is 0 Å². The molecule has 0 amide bonds. The Morgan fingerprint density at radius 1 is 1.26 bits per heavy atom. The van der Waals surface area contributed by atoms with Crippen LogP contribution in [-0.2, 0) is 13.0 Å². The van der Waals surface area contributed by atoms with E-state index in [-0.39, 0.29) is 0 Å². The summed E-state index contributed by atoms with van der Waals surface area (Å²) in [5.41, 5.74) is 3.35. The number of nitrogens with zero attached hydrogens (tertiary/aromatic N) is 2. The highest BCUT2D eigenvalue weighted by atomic mass is 79.9. The van der Waals surface area contributed by atoms with E-state index in [4.69, 9.17) is 0 Å². The highest BCUT2D eigenvalue weighted by molar-refractivity contribution is 9.10. The molecule has 1 aliphatic rings. The Bertz CT molecular complexity index is 612. The minimum atomic E-state index is 0.815. The summed E-state index contributed by atoms with van der Waals surface area (Å²) in [6.07, 6.45) is 0.962. The number of benzene rings is 1. The van der Waals surface area contributed by atoms with Gasteiger partial charge >= 0.3 is 0 Å². The smallest absolute Gasteiger partial charge is 0.138 e. The number of hydrogen-bond donors (Lipinski definition) is 2. The van der Waals surface area contributed by atoms with Gasteiger partial charge in [0.15, 0.2) is 0 Å². The first-order chi connectivity index (χ1) is 9.24. The molecular weight excluding hydrogens is 304 g/mol. The summed E-state index contributed by atoms with van der Waals surface area (Å²) in [4.78, 5) is 9.08. The van der Waals surface area contributed by atoms with Gasteiger partial charge in [0.25, 0.3) is 0 Å². The molecule has 1 aromatic heterocycles. The van der Waals surface area contributed by atoms with Crippen LogP contribution in [0.25, 0.3) is 0 Å². The van der Waals surface area contributed by atoms with Gasteiger partial charge in [-0.2, -0.15) is 0 Å². The maximum atomic E-state index is 4.54. The summed E-state index contributed by atoms with van der Waals surface area (Å²) < 4.78 is 1.03. The zero-order chi connectivity index (χ0) is 13.2. The fourth-order valence-electron chi connectivity index (χ4n) is 2.26. The number of hydrogen-bond acceptors (Lipinski definition) is 4.